The summed E-state index contributed by atoms with van der Waals surface area (Å²) in [6, 6.07) is 114. The van der Waals surface area contributed by atoms with Crippen molar-refractivity contribution in [1.82, 2.24) is 0 Å². The molecule has 0 amide bonds. The van der Waals surface area contributed by atoms with Gasteiger partial charge in [0, 0.05) is 16.2 Å². The second-order valence-electron chi connectivity index (χ2n) is 20.8. The van der Waals surface area contributed by atoms with Crippen LogP contribution in [0, 0.1) is 23.7 Å². The highest BCUT2D eigenvalue weighted by molar-refractivity contribution is 7.72. The minimum absolute atomic E-state index is 0.180. The van der Waals surface area contributed by atoms with E-state index in [1.165, 1.54) is 62.4 Å². The third kappa shape index (κ3) is 8.23. The van der Waals surface area contributed by atoms with Crippen molar-refractivity contribution in [3.63, 3.8) is 0 Å². The molecular weight excluding hydrogens is 927 g/mol. The molecule has 0 radical (unpaired) electrons. The van der Waals surface area contributed by atoms with Crippen molar-refractivity contribution >= 4 is 26.5 Å². The zero-order valence-corrected chi connectivity index (χ0v) is 44.1. The number of benzene rings is 10. The lowest BCUT2D eigenvalue weighted by Gasteiger charge is -2.50. The molecule has 0 bridgehead atoms. The maximum absolute atomic E-state index is 2.59. The molecule has 0 N–H and O–H groups in total. The fourth-order valence-electron chi connectivity index (χ4n) is 14.3. The summed E-state index contributed by atoms with van der Waals surface area (Å²) in [5.74, 6) is 1.25. The molecule has 2 aliphatic heterocycles. The third-order valence-electron chi connectivity index (χ3n) is 17.2. The van der Waals surface area contributed by atoms with Gasteiger partial charge in [-0.3, -0.25) is 0 Å². The summed E-state index contributed by atoms with van der Waals surface area (Å²) in [6.07, 6.45) is 4.57. The van der Waals surface area contributed by atoms with Crippen molar-refractivity contribution in [3.05, 3.63) is 347 Å². The monoisotopic (exact) mass is 990 g/mol. The van der Waals surface area contributed by atoms with Gasteiger partial charge >= 0.3 is 0 Å². The van der Waals surface area contributed by atoms with Crippen molar-refractivity contribution in [2.24, 2.45) is 23.7 Å². The first-order valence-electron chi connectivity index (χ1n) is 26.7. The van der Waals surface area contributed by atoms with Crippen LogP contribution in [0.2, 0.25) is 0 Å². The maximum Gasteiger partial charge on any atom is 0.0486 e. The Bertz CT molecular complexity index is 2930. The van der Waals surface area contributed by atoms with Crippen LogP contribution in [0.15, 0.2) is 297 Å². The van der Waals surface area contributed by atoms with E-state index in [2.05, 4.69) is 304 Å². The fourth-order valence-corrected chi connectivity index (χ4v) is 21.7. The Balaban J connectivity index is 1.08. The van der Waals surface area contributed by atoms with E-state index in [-0.39, 0.29) is 17.3 Å². The molecule has 362 valence electrons. The van der Waals surface area contributed by atoms with E-state index in [9.17, 15) is 0 Å². The Morgan fingerprint density at radius 2 is 0.405 bits per heavy atom. The first-order chi connectivity index (χ1) is 36.6. The van der Waals surface area contributed by atoms with Gasteiger partial charge in [-0.05, 0) is 109 Å². The van der Waals surface area contributed by atoms with Gasteiger partial charge < -0.3 is 0 Å². The Kier molecular flexibility index (Phi) is 13.7. The molecule has 0 spiro atoms. The predicted octanol–water partition coefficient (Wildman–Crippen LogP) is 16.5. The summed E-state index contributed by atoms with van der Waals surface area (Å²) in [4.78, 5) is 0. The molecular formula is C72H64P2. The first-order valence-corrected chi connectivity index (χ1v) is 30.2. The first kappa shape index (κ1) is 48.0. The van der Waals surface area contributed by atoms with E-state index in [0.717, 1.165) is 12.3 Å². The standard InChI is InChI=1S/C72H64P2/c1-55-51-73(52-65(55)70(56-31-11-2-12-32-56,57-33-13-3-14-34-57)58-35-15-4-16-36-58)68-49-29-30-50-69(68)74-53-66(71(59-37-17-5-18-38-59,60-39-19-6-20-40-60)61-41-21-7-22-42-61)67(54-74)72(62-43-23-8-24-44-62,63-45-25-9-26-46-63)64-47-27-10-28-48-64/h2-50,55,65-67H,51-54H2,1H3/t55-,65-,66-,67+,73?,74?/m0/s1. The zero-order valence-electron chi connectivity index (χ0n) is 42.3. The zero-order chi connectivity index (χ0) is 49.8. The van der Waals surface area contributed by atoms with E-state index in [0.29, 0.717) is 11.8 Å². The topological polar surface area (TPSA) is 0 Å². The van der Waals surface area contributed by atoms with Gasteiger partial charge in [-0.2, -0.15) is 0 Å². The molecule has 2 unspecified atom stereocenters. The predicted molar refractivity (Wildman–Crippen MR) is 316 cm³/mol. The summed E-state index contributed by atoms with van der Waals surface area (Å²) >= 11 is 0. The molecule has 0 aromatic heterocycles. The van der Waals surface area contributed by atoms with Gasteiger partial charge in [0.15, 0.2) is 0 Å². The van der Waals surface area contributed by atoms with Gasteiger partial charge in [-0.15, -0.1) is 0 Å². The van der Waals surface area contributed by atoms with Crippen LogP contribution in [0.25, 0.3) is 0 Å². The van der Waals surface area contributed by atoms with E-state index in [1.54, 1.807) is 10.6 Å². The van der Waals surface area contributed by atoms with Crippen molar-refractivity contribution in [2.75, 3.05) is 24.6 Å². The number of rotatable bonds is 14. The molecule has 2 fully saturated rings. The molecule has 6 atom stereocenters. The molecule has 10 aromatic carbocycles. The Morgan fingerprint density at radius 1 is 0.230 bits per heavy atom. The quantitative estimate of drug-likeness (QED) is 0.0752. The van der Waals surface area contributed by atoms with Gasteiger partial charge in [0.1, 0.15) is 0 Å². The van der Waals surface area contributed by atoms with Crippen LogP contribution >= 0.6 is 15.8 Å². The van der Waals surface area contributed by atoms with Crippen LogP contribution in [0.3, 0.4) is 0 Å². The average molecular weight is 991 g/mol. The summed E-state index contributed by atoms with van der Waals surface area (Å²) < 4.78 is 0. The largest absolute Gasteiger partial charge is 0.0740 e. The Hall–Kier alpha value is -6.94. The van der Waals surface area contributed by atoms with E-state index >= 15 is 0 Å². The van der Waals surface area contributed by atoms with Gasteiger partial charge in [0.05, 0.1) is 0 Å². The average Bonchev–Trinajstić information content (AvgIpc) is 4.14. The minimum Gasteiger partial charge on any atom is -0.0740 e. The summed E-state index contributed by atoms with van der Waals surface area (Å²) in [5, 5.41) is 3.27. The van der Waals surface area contributed by atoms with Crippen molar-refractivity contribution < 1.29 is 0 Å². The molecule has 0 nitrogen and oxygen atoms in total. The minimum atomic E-state index is -0.698. The lowest BCUT2D eigenvalue weighted by molar-refractivity contribution is 0.244. The molecule has 74 heavy (non-hydrogen) atoms. The van der Waals surface area contributed by atoms with Crippen molar-refractivity contribution in [1.29, 1.82) is 0 Å². The third-order valence-corrected chi connectivity index (χ3v) is 23.1. The highest BCUT2D eigenvalue weighted by atomic mass is 31.1. The SMILES string of the molecule is C[C@H]1CP(c2ccccc2P2C[C@@H](C(c3ccccc3)(c3ccccc3)c3ccccc3)[C@@H](C(c3ccccc3)(c3ccccc3)c3ccccc3)C2)C[C@@H]1C(c1ccccc1)(c1ccccc1)c1ccccc1. The Labute approximate surface area is 442 Å². The number of hydrogen-bond acceptors (Lipinski definition) is 0. The van der Waals surface area contributed by atoms with Crippen molar-refractivity contribution in [2.45, 2.75) is 23.2 Å². The normalized spacial score (nSPS) is 20.0. The lowest BCUT2D eigenvalue weighted by atomic mass is 9.51. The van der Waals surface area contributed by atoms with Crippen LogP contribution in [-0.2, 0) is 16.2 Å². The van der Waals surface area contributed by atoms with Gasteiger partial charge in [0.25, 0.3) is 0 Å². The molecule has 10 aromatic rings. The second kappa shape index (κ2) is 21.1. The molecule has 2 saturated heterocycles. The van der Waals surface area contributed by atoms with Crippen LogP contribution in [-0.4, -0.2) is 24.6 Å². The van der Waals surface area contributed by atoms with E-state index < -0.39 is 26.7 Å². The molecule has 0 aliphatic carbocycles. The number of hydrogen-bond donors (Lipinski definition) is 0. The lowest BCUT2D eigenvalue weighted by Crippen LogP contribution is -2.49. The summed E-state index contributed by atoms with van der Waals surface area (Å²) in [7, 11) is -1.22. The molecule has 2 heterocycles. The highest BCUT2D eigenvalue weighted by Gasteiger charge is 2.59. The maximum atomic E-state index is 2.59. The molecule has 12 rings (SSSR count). The van der Waals surface area contributed by atoms with Crippen LogP contribution in [0.1, 0.15) is 57.0 Å². The van der Waals surface area contributed by atoms with Gasteiger partial charge in [-0.1, -0.05) is 320 Å². The Morgan fingerprint density at radius 3 is 0.635 bits per heavy atom. The van der Waals surface area contributed by atoms with Gasteiger partial charge in [-0.25, -0.2) is 0 Å². The van der Waals surface area contributed by atoms with Gasteiger partial charge in [0.2, 0.25) is 0 Å². The smallest absolute Gasteiger partial charge is 0.0486 e. The fraction of sp³-hybridized carbons (Fsp3) is 0.167. The van der Waals surface area contributed by atoms with Crippen LogP contribution < -0.4 is 10.6 Å². The van der Waals surface area contributed by atoms with E-state index in [1.807, 2.05) is 0 Å². The van der Waals surface area contributed by atoms with Crippen molar-refractivity contribution in [3.8, 4) is 0 Å². The van der Waals surface area contributed by atoms with E-state index in [4.69, 9.17) is 0 Å². The van der Waals surface area contributed by atoms with Crippen LogP contribution in [0.4, 0.5) is 0 Å². The molecule has 2 heteroatoms. The summed E-state index contributed by atoms with van der Waals surface area (Å²) in [5.41, 5.74) is 11.1. The highest BCUT2D eigenvalue weighted by Crippen LogP contribution is 2.66. The summed E-state index contributed by atoms with van der Waals surface area (Å²) in [6.45, 7) is 2.58. The molecule has 0 saturated carbocycles. The van der Waals surface area contributed by atoms with Crippen LogP contribution in [0.5, 0.6) is 0 Å². The molecule has 2 aliphatic rings. The second-order valence-corrected chi connectivity index (χ2v) is 25.4.